The normalized spacial score (nSPS) is 12.9. The second-order valence-electron chi connectivity index (χ2n) is 4.02. The fourth-order valence-corrected chi connectivity index (χ4v) is 1.30. The maximum atomic E-state index is 12.5. The summed E-state index contributed by atoms with van der Waals surface area (Å²) in [5.41, 5.74) is -1.89. The van der Waals surface area contributed by atoms with Crippen molar-refractivity contribution in [3.05, 3.63) is 29.6 Å². The summed E-state index contributed by atoms with van der Waals surface area (Å²) in [6.45, 7) is 2.93. The van der Waals surface area contributed by atoms with Gasteiger partial charge >= 0.3 is 6.18 Å². The smallest absolute Gasteiger partial charge is 0.390 e. The summed E-state index contributed by atoms with van der Waals surface area (Å²) in [4.78, 5) is 3.44. The number of aliphatic hydroxyl groups is 1. The molecule has 0 aliphatic heterocycles. The highest BCUT2D eigenvalue weighted by molar-refractivity contribution is 5.27. The van der Waals surface area contributed by atoms with Crippen LogP contribution in [0.15, 0.2) is 18.5 Å². The van der Waals surface area contributed by atoms with E-state index in [0.717, 1.165) is 6.20 Å². The molecule has 1 aromatic rings. The van der Waals surface area contributed by atoms with Crippen molar-refractivity contribution in [2.75, 3.05) is 0 Å². The molecule has 0 unspecified atom stereocenters. The molecule has 1 aromatic heterocycles. The van der Waals surface area contributed by atoms with Gasteiger partial charge in [-0.1, -0.05) is 0 Å². The average Bonchev–Trinajstić information content (AvgIpc) is 1.99. The molecule has 0 saturated heterocycles. The first-order valence-corrected chi connectivity index (χ1v) is 4.42. The molecule has 84 valence electrons. The first kappa shape index (κ1) is 12.0. The van der Waals surface area contributed by atoms with Crippen LogP contribution in [0, 0.1) is 0 Å². The minimum absolute atomic E-state index is 0.0512. The number of nitrogens with zero attached hydrogens (tertiary/aromatic N) is 1. The summed E-state index contributed by atoms with van der Waals surface area (Å²) in [6, 6.07) is 1.28. The number of pyridine rings is 1. The molecule has 0 atom stereocenters. The van der Waals surface area contributed by atoms with Crippen LogP contribution in [0.25, 0.3) is 0 Å². The van der Waals surface area contributed by atoms with Crippen molar-refractivity contribution in [3.63, 3.8) is 0 Å². The molecule has 0 fully saturated rings. The van der Waals surface area contributed by atoms with Gasteiger partial charge in [0.2, 0.25) is 0 Å². The lowest BCUT2D eigenvalue weighted by molar-refractivity contribution is -0.138. The van der Waals surface area contributed by atoms with Gasteiger partial charge in [0.25, 0.3) is 0 Å². The summed E-state index contributed by atoms with van der Waals surface area (Å²) < 4.78 is 37.5. The van der Waals surface area contributed by atoms with Crippen LogP contribution in [-0.2, 0) is 12.6 Å². The van der Waals surface area contributed by atoms with Gasteiger partial charge in [0, 0.05) is 18.8 Å². The monoisotopic (exact) mass is 219 g/mol. The van der Waals surface area contributed by atoms with Crippen LogP contribution >= 0.6 is 0 Å². The number of halogens is 3. The van der Waals surface area contributed by atoms with Crippen molar-refractivity contribution in [2.24, 2.45) is 0 Å². The number of aromatic nitrogens is 1. The molecule has 0 bridgehead atoms. The molecule has 0 radical (unpaired) electrons. The van der Waals surface area contributed by atoms with Crippen LogP contribution in [0.3, 0.4) is 0 Å². The third-order valence-corrected chi connectivity index (χ3v) is 1.84. The van der Waals surface area contributed by atoms with Gasteiger partial charge in [0.1, 0.15) is 0 Å². The lowest BCUT2D eigenvalue weighted by Crippen LogP contribution is -2.24. The van der Waals surface area contributed by atoms with E-state index in [2.05, 4.69) is 4.98 Å². The summed E-state index contributed by atoms with van der Waals surface area (Å²) in [7, 11) is 0. The quantitative estimate of drug-likeness (QED) is 0.828. The van der Waals surface area contributed by atoms with Crippen molar-refractivity contribution >= 4 is 0 Å². The summed E-state index contributed by atoms with van der Waals surface area (Å²) in [5, 5.41) is 9.47. The topological polar surface area (TPSA) is 33.1 Å². The SMILES string of the molecule is CC(C)(O)Cc1ccncc1C(F)(F)F. The lowest BCUT2D eigenvalue weighted by Gasteiger charge is -2.19. The van der Waals surface area contributed by atoms with Gasteiger partial charge < -0.3 is 5.11 Å². The standard InChI is InChI=1S/C10H12F3NO/c1-9(2,15)5-7-3-4-14-6-8(7)10(11,12)13/h3-4,6,15H,5H2,1-2H3. The molecule has 0 spiro atoms. The van der Waals surface area contributed by atoms with Gasteiger partial charge in [-0.3, -0.25) is 4.98 Å². The Kier molecular flexibility index (Phi) is 3.04. The van der Waals surface area contributed by atoms with Gasteiger partial charge in [-0.25, -0.2) is 0 Å². The van der Waals surface area contributed by atoms with Crippen molar-refractivity contribution in [2.45, 2.75) is 32.0 Å². The Labute approximate surface area is 85.8 Å². The van der Waals surface area contributed by atoms with Gasteiger partial charge in [-0.2, -0.15) is 13.2 Å². The highest BCUT2D eigenvalue weighted by atomic mass is 19.4. The van der Waals surface area contributed by atoms with Crippen molar-refractivity contribution in [1.29, 1.82) is 0 Å². The molecular formula is C10H12F3NO. The van der Waals surface area contributed by atoms with E-state index in [0.29, 0.717) is 0 Å². The predicted octanol–water partition coefficient (Wildman–Crippen LogP) is 2.41. The van der Waals surface area contributed by atoms with E-state index < -0.39 is 17.3 Å². The number of rotatable bonds is 2. The maximum Gasteiger partial charge on any atom is 0.418 e. The molecule has 0 aliphatic carbocycles. The average molecular weight is 219 g/mol. The number of hydrogen-bond acceptors (Lipinski definition) is 2. The molecular weight excluding hydrogens is 207 g/mol. The zero-order chi connectivity index (χ0) is 11.7. The highest BCUT2D eigenvalue weighted by Crippen LogP contribution is 2.32. The Morgan fingerprint density at radius 2 is 1.93 bits per heavy atom. The zero-order valence-corrected chi connectivity index (χ0v) is 8.47. The fourth-order valence-electron chi connectivity index (χ4n) is 1.30. The Balaban J connectivity index is 3.08. The molecule has 5 heteroatoms. The second-order valence-corrected chi connectivity index (χ2v) is 4.02. The molecule has 0 amide bonds. The van der Waals surface area contributed by atoms with Crippen molar-refractivity contribution in [1.82, 2.24) is 4.98 Å². The van der Waals surface area contributed by atoms with Gasteiger partial charge in [0.15, 0.2) is 0 Å². The Morgan fingerprint density at radius 3 is 2.40 bits per heavy atom. The predicted molar refractivity (Wildman–Crippen MR) is 49.2 cm³/mol. The fraction of sp³-hybridized carbons (Fsp3) is 0.500. The largest absolute Gasteiger partial charge is 0.418 e. The number of alkyl halides is 3. The lowest BCUT2D eigenvalue weighted by atomic mass is 9.96. The van der Waals surface area contributed by atoms with Crippen molar-refractivity contribution < 1.29 is 18.3 Å². The maximum absolute atomic E-state index is 12.5. The van der Waals surface area contributed by atoms with Crippen LogP contribution in [0.2, 0.25) is 0 Å². The van der Waals surface area contributed by atoms with Crippen LogP contribution in [0.4, 0.5) is 13.2 Å². The summed E-state index contributed by atoms with van der Waals surface area (Å²) in [6.07, 6.45) is -2.41. The molecule has 15 heavy (non-hydrogen) atoms. The highest BCUT2D eigenvalue weighted by Gasteiger charge is 2.34. The van der Waals surface area contributed by atoms with E-state index in [1.165, 1.54) is 26.1 Å². The first-order valence-electron chi connectivity index (χ1n) is 4.42. The minimum Gasteiger partial charge on any atom is -0.390 e. The van der Waals surface area contributed by atoms with Crippen LogP contribution < -0.4 is 0 Å². The van der Waals surface area contributed by atoms with Crippen molar-refractivity contribution in [3.8, 4) is 0 Å². The Morgan fingerprint density at radius 1 is 1.33 bits per heavy atom. The number of hydrogen-bond donors (Lipinski definition) is 1. The summed E-state index contributed by atoms with van der Waals surface area (Å²) in [5.74, 6) is 0. The molecule has 2 nitrogen and oxygen atoms in total. The van der Waals surface area contributed by atoms with Gasteiger partial charge in [0.05, 0.1) is 11.2 Å². The molecule has 1 heterocycles. The molecule has 0 saturated carbocycles. The van der Waals surface area contributed by atoms with E-state index in [-0.39, 0.29) is 12.0 Å². The van der Waals surface area contributed by atoms with E-state index in [1.807, 2.05) is 0 Å². The van der Waals surface area contributed by atoms with Gasteiger partial charge in [-0.15, -0.1) is 0 Å². The molecule has 1 N–H and O–H groups in total. The van der Waals surface area contributed by atoms with Crippen LogP contribution in [0.1, 0.15) is 25.0 Å². The van der Waals surface area contributed by atoms with E-state index in [4.69, 9.17) is 0 Å². The Hall–Kier alpha value is -1.10. The minimum atomic E-state index is -4.42. The summed E-state index contributed by atoms with van der Waals surface area (Å²) >= 11 is 0. The van der Waals surface area contributed by atoms with Crippen LogP contribution in [0.5, 0.6) is 0 Å². The third kappa shape index (κ3) is 3.51. The molecule has 1 rings (SSSR count). The van der Waals surface area contributed by atoms with Crippen LogP contribution in [-0.4, -0.2) is 15.7 Å². The van der Waals surface area contributed by atoms with Gasteiger partial charge in [-0.05, 0) is 25.5 Å². The first-order chi connectivity index (χ1) is 6.70. The molecule has 0 aromatic carbocycles. The third-order valence-electron chi connectivity index (χ3n) is 1.84. The zero-order valence-electron chi connectivity index (χ0n) is 8.47. The van der Waals surface area contributed by atoms with E-state index in [1.54, 1.807) is 0 Å². The van der Waals surface area contributed by atoms with E-state index >= 15 is 0 Å². The Bertz CT molecular complexity index is 341. The second kappa shape index (κ2) is 3.81. The molecule has 0 aliphatic rings. The van der Waals surface area contributed by atoms with E-state index in [9.17, 15) is 18.3 Å².